The molecule has 3 aromatic rings. The summed E-state index contributed by atoms with van der Waals surface area (Å²) >= 11 is 6.06. The minimum absolute atomic E-state index is 0.0137. The molecule has 3 rings (SSSR count). The largest absolute Gasteiger partial charge is 0.496 e. The quantitative estimate of drug-likeness (QED) is 0.522. The number of carbonyl (C=O) groups excluding carboxylic acids is 1. The van der Waals surface area contributed by atoms with Crippen LogP contribution in [0.1, 0.15) is 5.56 Å². The molecule has 4 nitrogen and oxygen atoms in total. The van der Waals surface area contributed by atoms with Crippen LogP contribution in [0.3, 0.4) is 0 Å². The van der Waals surface area contributed by atoms with Crippen molar-refractivity contribution >= 4 is 40.0 Å². The van der Waals surface area contributed by atoms with Crippen molar-refractivity contribution in [2.75, 3.05) is 12.4 Å². The number of halogens is 1. The Morgan fingerprint density at radius 2 is 1.77 bits per heavy atom. The van der Waals surface area contributed by atoms with Gasteiger partial charge in [0.05, 0.1) is 17.8 Å². The maximum atomic E-state index is 12.5. The number of nitrogens with one attached hydrogen (secondary N) is 1. The number of ether oxygens (including phenoxy) is 1. The maximum absolute atomic E-state index is 12.5. The highest BCUT2D eigenvalue weighted by Crippen LogP contribution is 2.29. The zero-order valence-corrected chi connectivity index (χ0v) is 14.7. The summed E-state index contributed by atoms with van der Waals surface area (Å²) in [5, 5.41) is 14.3. The van der Waals surface area contributed by atoms with Crippen molar-refractivity contribution in [2.45, 2.75) is 0 Å². The minimum Gasteiger partial charge on any atom is -0.496 e. The number of hydrogen-bond acceptors (Lipinski definition) is 3. The fourth-order valence-electron chi connectivity index (χ4n) is 2.65. The van der Waals surface area contributed by atoms with Gasteiger partial charge in [0.25, 0.3) is 5.91 Å². The summed E-state index contributed by atoms with van der Waals surface area (Å²) in [6.07, 6.45) is 1.56. The number of para-hydroxylation sites is 1. The normalized spacial score (nSPS) is 11.0. The van der Waals surface area contributed by atoms with Crippen LogP contribution in [0.25, 0.3) is 16.8 Å². The number of benzene rings is 3. The number of rotatable bonds is 4. The molecule has 0 saturated heterocycles. The van der Waals surface area contributed by atoms with E-state index in [9.17, 15) is 10.1 Å². The lowest BCUT2D eigenvalue weighted by atomic mass is 10.0. The second-order valence-electron chi connectivity index (χ2n) is 5.51. The molecule has 0 saturated carbocycles. The summed E-state index contributed by atoms with van der Waals surface area (Å²) in [5.41, 5.74) is 1.20. The topological polar surface area (TPSA) is 62.1 Å². The summed E-state index contributed by atoms with van der Waals surface area (Å²) in [6, 6.07) is 20.1. The van der Waals surface area contributed by atoms with Gasteiger partial charge in [-0.1, -0.05) is 54.1 Å². The predicted molar refractivity (Wildman–Crippen MR) is 104 cm³/mol. The fourth-order valence-corrected chi connectivity index (χ4v) is 2.84. The third-order valence-corrected chi connectivity index (χ3v) is 4.25. The molecule has 1 amide bonds. The third kappa shape index (κ3) is 3.53. The molecule has 0 heterocycles. The smallest absolute Gasteiger partial charge is 0.266 e. The predicted octanol–water partition coefficient (Wildman–Crippen LogP) is 5.05. The average Bonchev–Trinajstić information content (AvgIpc) is 2.67. The molecule has 26 heavy (non-hydrogen) atoms. The Kier molecular flexibility index (Phi) is 5.21. The van der Waals surface area contributed by atoms with E-state index >= 15 is 0 Å². The van der Waals surface area contributed by atoms with E-state index in [0.717, 1.165) is 22.1 Å². The number of methoxy groups -OCH3 is 1. The van der Waals surface area contributed by atoms with Crippen molar-refractivity contribution in [1.82, 2.24) is 0 Å². The first-order chi connectivity index (χ1) is 12.6. The van der Waals surface area contributed by atoms with E-state index in [1.165, 1.54) is 0 Å². The zero-order valence-electron chi connectivity index (χ0n) is 14.0. The molecule has 0 bridgehead atoms. The van der Waals surface area contributed by atoms with Gasteiger partial charge in [-0.3, -0.25) is 4.79 Å². The monoisotopic (exact) mass is 362 g/mol. The van der Waals surface area contributed by atoms with Gasteiger partial charge < -0.3 is 10.1 Å². The molecule has 5 heteroatoms. The van der Waals surface area contributed by atoms with E-state index < -0.39 is 5.91 Å². The van der Waals surface area contributed by atoms with E-state index in [-0.39, 0.29) is 5.57 Å². The van der Waals surface area contributed by atoms with Crippen molar-refractivity contribution in [3.8, 4) is 11.8 Å². The Balaban J connectivity index is 2.00. The fraction of sp³-hybridized carbons (Fsp3) is 0.0476. The summed E-state index contributed by atoms with van der Waals surface area (Å²) in [7, 11) is 1.61. The van der Waals surface area contributed by atoms with Gasteiger partial charge in [-0.2, -0.15) is 5.26 Å². The van der Waals surface area contributed by atoms with Crippen LogP contribution >= 0.6 is 11.6 Å². The number of nitrogens with zero attached hydrogens (tertiary/aromatic N) is 1. The molecule has 0 aliphatic carbocycles. The number of anilines is 1. The van der Waals surface area contributed by atoms with Gasteiger partial charge in [-0.05, 0) is 35.2 Å². The summed E-state index contributed by atoms with van der Waals surface area (Å²) in [6.45, 7) is 0. The molecule has 0 spiro atoms. The van der Waals surface area contributed by atoms with Crippen molar-refractivity contribution in [3.05, 3.63) is 76.8 Å². The molecule has 0 radical (unpaired) electrons. The van der Waals surface area contributed by atoms with E-state index in [2.05, 4.69) is 5.32 Å². The lowest BCUT2D eigenvalue weighted by molar-refractivity contribution is -0.112. The summed E-state index contributed by atoms with van der Waals surface area (Å²) in [5.74, 6) is 0.220. The van der Waals surface area contributed by atoms with Crippen LogP contribution in [-0.4, -0.2) is 13.0 Å². The van der Waals surface area contributed by atoms with Gasteiger partial charge >= 0.3 is 0 Å². The highest BCUT2D eigenvalue weighted by molar-refractivity contribution is 6.34. The minimum atomic E-state index is -0.513. The van der Waals surface area contributed by atoms with Gasteiger partial charge in [0.15, 0.2) is 0 Å². The number of carbonyl (C=O) groups is 1. The Bertz CT molecular complexity index is 1050. The van der Waals surface area contributed by atoms with E-state index in [0.29, 0.717) is 10.7 Å². The van der Waals surface area contributed by atoms with E-state index in [4.69, 9.17) is 16.3 Å². The molecule has 3 aromatic carbocycles. The van der Waals surface area contributed by atoms with Gasteiger partial charge in [0, 0.05) is 5.39 Å². The van der Waals surface area contributed by atoms with Gasteiger partial charge in [-0.15, -0.1) is 0 Å². The van der Waals surface area contributed by atoms with Crippen molar-refractivity contribution in [2.24, 2.45) is 0 Å². The van der Waals surface area contributed by atoms with Crippen molar-refractivity contribution < 1.29 is 9.53 Å². The van der Waals surface area contributed by atoms with Crippen LogP contribution in [0.15, 0.2) is 66.2 Å². The summed E-state index contributed by atoms with van der Waals surface area (Å²) in [4.78, 5) is 12.5. The number of amides is 1. The molecule has 0 aliphatic rings. The Morgan fingerprint density at radius 1 is 1.08 bits per heavy atom. The Morgan fingerprint density at radius 3 is 2.46 bits per heavy atom. The van der Waals surface area contributed by atoms with Crippen LogP contribution in [0, 0.1) is 11.3 Å². The van der Waals surface area contributed by atoms with Crippen LogP contribution in [0.2, 0.25) is 5.02 Å². The van der Waals surface area contributed by atoms with Crippen molar-refractivity contribution in [1.29, 1.82) is 5.26 Å². The first-order valence-corrected chi connectivity index (χ1v) is 8.25. The van der Waals surface area contributed by atoms with E-state index in [1.54, 1.807) is 37.5 Å². The highest BCUT2D eigenvalue weighted by atomic mass is 35.5. The SMILES string of the molecule is COc1ccc(/C=C(\C#N)C(=O)Nc2ccccc2Cl)c2ccccc12. The molecule has 128 valence electrons. The molecular formula is C21H15ClN2O2. The number of nitriles is 1. The van der Waals surface area contributed by atoms with Crippen molar-refractivity contribution in [3.63, 3.8) is 0 Å². The standard InChI is InChI=1S/C21H15ClN2O2/c1-26-20-11-10-14(16-6-2-3-7-17(16)20)12-15(13-23)21(25)24-19-9-5-4-8-18(19)22/h2-12H,1H3,(H,24,25)/b15-12+. The lowest BCUT2D eigenvalue weighted by Gasteiger charge is -2.09. The van der Waals surface area contributed by atoms with Gasteiger partial charge in [0.2, 0.25) is 0 Å². The lowest BCUT2D eigenvalue weighted by Crippen LogP contribution is -2.13. The zero-order chi connectivity index (χ0) is 18.5. The highest BCUT2D eigenvalue weighted by Gasteiger charge is 2.13. The molecule has 0 atom stereocenters. The van der Waals surface area contributed by atoms with E-state index in [1.807, 2.05) is 42.5 Å². The Hall–Kier alpha value is -3.29. The first-order valence-electron chi connectivity index (χ1n) is 7.87. The Labute approximate surface area is 156 Å². The molecule has 1 N–H and O–H groups in total. The first kappa shape index (κ1) is 17.5. The van der Waals surface area contributed by atoms with Crippen LogP contribution in [-0.2, 0) is 4.79 Å². The number of fused-ring (bicyclic) bond motifs is 1. The second-order valence-corrected chi connectivity index (χ2v) is 5.91. The van der Waals surface area contributed by atoms with Crippen LogP contribution in [0.5, 0.6) is 5.75 Å². The molecule has 0 aromatic heterocycles. The second kappa shape index (κ2) is 7.73. The molecular weight excluding hydrogens is 348 g/mol. The molecule has 0 fully saturated rings. The van der Waals surface area contributed by atoms with Crippen LogP contribution in [0.4, 0.5) is 5.69 Å². The van der Waals surface area contributed by atoms with Gasteiger partial charge in [-0.25, -0.2) is 0 Å². The molecule has 0 unspecified atom stereocenters. The van der Waals surface area contributed by atoms with Crippen LogP contribution < -0.4 is 10.1 Å². The average molecular weight is 363 g/mol. The molecule has 0 aliphatic heterocycles. The van der Waals surface area contributed by atoms with Gasteiger partial charge in [0.1, 0.15) is 17.4 Å². The summed E-state index contributed by atoms with van der Waals surface area (Å²) < 4.78 is 5.37. The number of hydrogen-bond donors (Lipinski definition) is 1. The third-order valence-electron chi connectivity index (χ3n) is 3.92. The maximum Gasteiger partial charge on any atom is 0.266 e.